The minimum atomic E-state index is -0.799. The van der Waals surface area contributed by atoms with Crippen LogP contribution in [-0.2, 0) is 27.1 Å². The summed E-state index contributed by atoms with van der Waals surface area (Å²) < 4.78 is 10.6. The normalized spacial score (nSPS) is 15.3. The molecule has 0 unspecified atom stereocenters. The van der Waals surface area contributed by atoms with Gasteiger partial charge in [-0.15, -0.1) is 0 Å². The number of amides is 1. The maximum Gasteiger partial charge on any atom is 0.408 e. The van der Waals surface area contributed by atoms with Crippen LogP contribution in [0.5, 0.6) is 0 Å². The maximum atomic E-state index is 12.5. The molecule has 1 fully saturated rings. The highest BCUT2D eigenvalue weighted by Gasteiger charge is 2.29. The Morgan fingerprint density at radius 2 is 1.96 bits per heavy atom. The number of alkyl carbamates (subject to hydrolysis) is 1. The Labute approximate surface area is 166 Å². The largest absolute Gasteiger partial charge is 0.464 e. The van der Waals surface area contributed by atoms with E-state index in [2.05, 4.69) is 10.3 Å². The van der Waals surface area contributed by atoms with Gasteiger partial charge in [0.15, 0.2) is 0 Å². The third-order valence-corrected chi connectivity index (χ3v) is 4.76. The number of aromatic amines is 1. The van der Waals surface area contributed by atoms with E-state index in [1.807, 2.05) is 24.3 Å². The molecular formula is C22H30N2O4. The van der Waals surface area contributed by atoms with Gasteiger partial charge in [0.05, 0.1) is 6.61 Å². The van der Waals surface area contributed by atoms with E-state index in [1.165, 1.54) is 12.8 Å². The highest BCUT2D eigenvalue weighted by atomic mass is 16.6. The lowest BCUT2D eigenvalue weighted by atomic mass is 10.00. The molecule has 0 spiro atoms. The molecule has 3 rings (SSSR count). The Bertz CT molecular complexity index is 846. The molecule has 0 saturated heterocycles. The summed E-state index contributed by atoms with van der Waals surface area (Å²) in [5.41, 5.74) is 2.62. The second-order valence-electron chi connectivity index (χ2n) is 8.43. The lowest BCUT2D eigenvalue weighted by Gasteiger charge is -2.23. The summed E-state index contributed by atoms with van der Waals surface area (Å²) >= 11 is 0. The van der Waals surface area contributed by atoms with Gasteiger partial charge in [0, 0.05) is 23.0 Å². The molecule has 28 heavy (non-hydrogen) atoms. The average molecular weight is 386 g/mol. The van der Waals surface area contributed by atoms with Crippen molar-refractivity contribution < 1.29 is 19.1 Å². The van der Waals surface area contributed by atoms with Crippen molar-refractivity contribution in [2.45, 2.75) is 65.0 Å². The number of carbonyl (C=O) groups excluding carboxylic acids is 2. The molecule has 1 amide bonds. The highest BCUT2D eigenvalue weighted by molar-refractivity contribution is 5.87. The van der Waals surface area contributed by atoms with E-state index in [0.717, 1.165) is 28.6 Å². The van der Waals surface area contributed by atoms with Gasteiger partial charge in [-0.3, -0.25) is 0 Å². The average Bonchev–Trinajstić information content (AvgIpc) is 3.35. The van der Waals surface area contributed by atoms with E-state index in [-0.39, 0.29) is 6.61 Å². The summed E-state index contributed by atoms with van der Waals surface area (Å²) in [5.74, 6) is 0.252. The molecule has 152 valence electrons. The summed E-state index contributed by atoms with van der Waals surface area (Å²) in [6.45, 7) is 7.39. The Morgan fingerprint density at radius 3 is 2.61 bits per heavy atom. The first-order valence-electron chi connectivity index (χ1n) is 10.0. The Balaban J connectivity index is 1.86. The molecule has 0 aliphatic heterocycles. The molecule has 1 heterocycles. The molecule has 6 heteroatoms. The van der Waals surface area contributed by atoms with Crippen molar-refractivity contribution in [3.63, 3.8) is 0 Å². The number of carbonyl (C=O) groups is 2. The number of aromatic nitrogens is 1. The van der Waals surface area contributed by atoms with E-state index in [1.54, 1.807) is 27.7 Å². The number of nitrogens with one attached hydrogen (secondary N) is 2. The number of ether oxygens (including phenoxy) is 2. The van der Waals surface area contributed by atoms with Crippen molar-refractivity contribution >= 4 is 23.0 Å². The van der Waals surface area contributed by atoms with E-state index in [9.17, 15) is 9.59 Å². The SMILES string of the molecule is CCOC(=O)[C@H](Cc1c(CC2CC2)[nH]c2ccccc12)NC(=O)OC(C)(C)C. The van der Waals surface area contributed by atoms with E-state index < -0.39 is 23.7 Å². The van der Waals surface area contributed by atoms with Crippen LogP contribution in [0.25, 0.3) is 10.9 Å². The Hall–Kier alpha value is -2.50. The lowest BCUT2D eigenvalue weighted by molar-refractivity contribution is -0.145. The summed E-state index contributed by atoms with van der Waals surface area (Å²) in [4.78, 5) is 28.4. The molecule has 1 aliphatic carbocycles. The zero-order valence-electron chi connectivity index (χ0n) is 17.1. The fourth-order valence-corrected chi connectivity index (χ4v) is 3.36. The first-order chi connectivity index (χ1) is 13.3. The van der Waals surface area contributed by atoms with Gasteiger partial charge in [-0.2, -0.15) is 0 Å². The topological polar surface area (TPSA) is 80.4 Å². The first-order valence-corrected chi connectivity index (χ1v) is 10.0. The van der Waals surface area contributed by atoms with Crippen LogP contribution < -0.4 is 5.32 Å². The van der Waals surface area contributed by atoms with Crippen LogP contribution in [0.1, 0.15) is 51.8 Å². The van der Waals surface area contributed by atoms with Crippen LogP contribution >= 0.6 is 0 Å². The van der Waals surface area contributed by atoms with Crippen LogP contribution in [0.4, 0.5) is 4.79 Å². The van der Waals surface area contributed by atoms with Crippen LogP contribution in [0.3, 0.4) is 0 Å². The van der Waals surface area contributed by atoms with Crippen molar-refractivity contribution in [3.8, 4) is 0 Å². The van der Waals surface area contributed by atoms with Crippen LogP contribution in [0.2, 0.25) is 0 Å². The second kappa shape index (κ2) is 8.25. The second-order valence-corrected chi connectivity index (χ2v) is 8.43. The van der Waals surface area contributed by atoms with Gasteiger partial charge >= 0.3 is 12.1 Å². The number of hydrogen-bond acceptors (Lipinski definition) is 4. The molecule has 2 N–H and O–H groups in total. The van der Waals surface area contributed by atoms with Crippen LogP contribution in [0, 0.1) is 5.92 Å². The molecule has 2 aromatic rings. The summed E-state index contributed by atoms with van der Waals surface area (Å²) in [6.07, 6.45) is 3.20. The number of benzene rings is 1. The van der Waals surface area contributed by atoms with E-state index >= 15 is 0 Å². The number of para-hydroxylation sites is 1. The van der Waals surface area contributed by atoms with Gasteiger partial charge in [-0.1, -0.05) is 18.2 Å². The van der Waals surface area contributed by atoms with Crippen molar-refractivity contribution in [1.29, 1.82) is 0 Å². The van der Waals surface area contributed by atoms with Crippen molar-refractivity contribution in [2.24, 2.45) is 5.92 Å². The number of esters is 1. The number of hydrogen-bond donors (Lipinski definition) is 2. The fourth-order valence-electron chi connectivity index (χ4n) is 3.36. The molecule has 1 atom stereocenters. The van der Waals surface area contributed by atoms with E-state index in [4.69, 9.17) is 9.47 Å². The molecule has 0 radical (unpaired) electrons. The molecule has 1 aromatic carbocycles. The third kappa shape index (κ3) is 5.27. The fraction of sp³-hybridized carbons (Fsp3) is 0.545. The number of H-pyrrole nitrogens is 1. The van der Waals surface area contributed by atoms with Crippen LogP contribution in [0.15, 0.2) is 24.3 Å². The van der Waals surface area contributed by atoms with Crippen LogP contribution in [-0.4, -0.2) is 35.3 Å². The Kier molecular flexibility index (Phi) is 5.96. The zero-order chi connectivity index (χ0) is 20.3. The standard InChI is InChI=1S/C22H30N2O4/c1-5-27-20(25)19(24-21(26)28-22(2,3)4)13-16-15-8-6-7-9-17(15)23-18(16)12-14-10-11-14/h6-9,14,19,23H,5,10-13H2,1-4H3,(H,24,26)/t19-/m0/s1. The minimum absolute atomic E-state index is 0.258. The number of rotatable bonds is 7. The molecule has 1 aliphatic rings. The quantitative estimate of drug-likeness (QED) is 0.702. The third-order valence-electron chi connectivity index (χ3n) is 4.76. The molecule has 1 aromatic heterocycles. The molecular weight excluding hydrogens is 356 g/mol. The lowest BCUT2D eigenvalue weighted by Crippen LogP contribution is -2.45. The van der Waals surface area contributed by atoms with Crippen molar-refractivity contribution in [1.82, 2.24) is 10.3 Å². The predicted molar refractivity (Wildman–Crippen MR) is 108 cm³/mol. The zero-order valence-corrected chi connectivity index (χ0v) is 17.1. The van der Waals surface area contributed by atoms with Gasteiger partial charge in [-0.25, -0.2) is 9.59 Å². The molecule has 6 nitrogen and oxygen atoms in total. The maximum absolute atomic E-state index is 12.5. The predicted octanol–water partition coefficient (Wildman–Crippen LogP) is 4.12. The van der Waals surface area contributed by atoms with E-state index in [0.29, 0.717) is 12.3 Å². The smallest absolute Gasteiger partial charge is 0.408 e. The van der Waals surface area contributed by atoms with Gasteiger partial charge in [0.2, 0.25) is 0 Å². The Morgan fingerprint density at radius 1 is 1.25 bits per heavy atom. The number of fused-ring (bicyclic) bond motifs is 1. The molecule has 0 bridgehead atoms. The summed E-state index contributed by atoms with van der Waals surface area (Å²) in [6, 6.07) is 7.27. The van der Waals surface area contributed by atoms with Gasteiger partial charge in [0.25, 0.3) is 0 Å². The van der Waals surface area contributed by atoms with Crippen molar-refractivity contribution in [2.75, 3.05) is 6.61 Å². The summed E-state index contributed by atoms with van der Waals surface area (Å²) in [5, 5.41) is 3.79. The molecule has 1 saturated carbocycles. The first kappa shape index (κ1) is 20.2. The minimum Gasteiger partial charge on any atom is -0.464 e. The van der Waals surface area contributed by atoms with Crippen molar-refractivity contribution in [3.05, 3.63) is 35.5 Å². The van der Waals surface area contributed by atoms with Gasteiger partial charge < -0.3 is 19.8 Å². The highest BCUT2D eigenvalue weighted by Crippen LogP contribution is 2.35. The summed E-state index contributed by atoms with van der Waals surface area (Å²) in [7, 11) is 0. The van der Waals surface area contributed by atoms with Gasteiger partial charge in [-0.05, 0) is 64.5 Å². The van der Waals surface area contributed by atoms with Gasteiger partial charge in [0.1, 0.15) is 11.6 Å². The monoisotopic (exact) mass is 386 g/mol.